The zero-order chi connectivity index (χ0) is 19.6. The van der Waals surface area contributed by atoms with Crippen molar-refractivity contribution in [2.75, 3.05) is 20.3 Å². The van der Waals surface area contributed by atoms with E-state index in [1.165, 1.54) is 19.3 Å². The lowest BCUT2D eigenvalue weighted by Gasteiger charge is -2.06. The quantitative estimate of drug-likeness (QED) is 0.277. The number of methoxy groups -OCH3 is 1. The summed E-state index contributed by atoms with van der Waals surface area (Å²) in [6.07, 6.45) is 4.51. The van der Waals surface area contributed by atoms with E-state index in [-0.39, 0.29) is 12.4 Å². The van der Waals surface area contributed by atoms with Gasteiger partial charge in [-0.25, -0.2) is 4.79 Å². The molecule has 0 aliphatic rings. The molecule has 5 nitrogen and oxygen atoms in total. The number of ketones is 1. The van der Waals surface area contributed by atoms with Crippen molar-refractivity contribution >= 4 is 29.4 Å². The normalized spacial score (nSPS) is 10.4. The fraction of sp³-hybridized carbons (Fsp3) is 0.143. The molecule has 0 aromatic heterocycles. The summed E-state index contributed by atoms with van der Waals surface area (Å²) in [5.74, 6) is 0.201. The van der Waals surface area contributed by atoms with Crippen molar-refractivity contribution in [1.82, 2.24) is 0 Å². The van der Waals surface area contributed by atoms with Gasteiger partial charge in [0.2, 0.25) is 0 Å². The molecule has 0 bridgehead atoms. The van der Waals surface area contributed by atoms with Crippen LogP contribution in [0, 0.1) is 0 Å². The number of ether oxygens (including phenoxy) is 3. The molecule has 0 N–H and O–H groups in total. The lowest BCUT2D eigenvalue weighted by molar-refractivity contribution is -0.136. The Morgan fingerprint density at radius 1 is 1.15 bits per heavy atom. The number of hydrogen-bond donors (Lipinski definition) is 0. The van der Waals surface area contributed by atoms with Crippen molar-refractivity contribution in [3.05, 3.63) is 77.3 Å². The van der Waals surface area contributed by atoms with Crippen molar-refractivity contribution in [3.63, 3.8) is 0 Å². The van der Waals surface area contributed by atoms with Gasteiger partial charge in [-0.05, 0) is 42.0 Å². The van der Waals surface area contributed by atoms with Crippen LogP contribution in [0.25, 0.3) is 6.08 Å². The number of carbonyl (C=O) groups is 2. The third-order valence-corrected chi connectivity index (χ3v) is 3.77. The molecule has 2 aromatic rings. The molecular formula is C21H19ClO5. The Bertz CT molecular complexity index is 840. The van der Waals surface area contributed by atoms with Crippen LogP contribution in [0.5, 0.6) is 11.5 Å². The number of hydrogen-bond acceptors (Lipinski definition) is 5. The molecule has 0 radical (unpaired) electrons. The van der Waals surface area contributed by atoms with Gasteiger partial charge in [-0.2, -0.15) is 0 Å². The molecule has 0 amide bonds. The molecule has 0 heterocycles. The van der Waals surface area contributed by atoms with Crippen LogP contribution < -0.4 is 9.47 Å². The average molecular weight is 387 g/mol. The predicted molar refractivity (Wildman–Crippen MR) is 104 cm³/mol. The number of rotatable bonds is 9. The molecule has 0 atom stereocenters. The van der Waals surface area contributed by atoms with Crippen LogP contribution in [0.4, 0.5) is 0 Å². The number of halogens is 1. The molecule has 2 aromatic carbocycles. The smallest absolute Gasteiger partial charge is 0.331 e. The molecule has 0 aliphatic carbocycles. The highest BCUT2D eigenvalue weighted by Gasteiger charge is 2.11. The van der Waals surface area contributed by atoms with E-state index in [2.05, 4.69) is 6.58 Å². The summed E-state index contributed by atoms with van der Waals surface area (Å²) in [6, 6.07) is 11.8. The molecule has 0 aliphatic heterocycles. The summed E-state index contributed by atoms with van der Waals surface area (Å²) in [5, 5.41) is 0.315. The summed E-state index contributed by atoms with van der Waals surface area (Å²) in [6.45, 7) is 3.63. The van der Waals surface area contributed by atoms with E-state index < -0.39 is 5.97 Å². The van der Waals surface area contributed by atoms with Crippen molar-refractivity contribution < 1.29 is 23.8 Å². The fourth-order valence-electron chi connectivity index (χ4n) is 2.10. The summed E-state index contributed by atoms with van der Waals surface area (Å²) in [7, 11) is 1.48. The minimum atomic E-state index is -0.616. The maximum Gasteiger partial charge on any atom is 0.331 e. The van der Waals surface area contributed by atoms with Crippen molar-refractivity contribution in [2.45, 2.75) is 0 Å². The maximum absolute atomic E-state index is 12.1. The van der Waals surface area contributed by atoms with Gasteiger partial charge in [-0.3, -0.25) is 4.79 Å². The van der Waals surface area contributed by atoms with E-state index >= 15 is 0 Å². The van der Waals surface area contributed by atoms with Gasteiger partial charge in [0.1, 0.15) is 18.1 Å². The highest BCUT2D eigenvalue weighted by molar-refractivity contribution is 6.32. The second-order valence-electron chi connectivity index (χ2n) is 5.38. The lowest BCUT2D eigenvalue weighted by Crippen LogP contribution is -2.12. The van der Waals surface area contributed by atoms with E-state index in [4.69, 9.17) is 25.8 Å². The molecule has 0 saturated carbocycles. The van der Waals surface area contributed by atoms with Crippen LogP contribution in [0.15, 0.2) is 61.2 Å². The minimum Gasteiger partial charge on any atom is -0.495 e. The van der Waals surface area contributed by atoms with Crippen LogP contribution in [-0.2, 0) is 9.53 Å². The van der Waals surface area contributed by atoms with Gasteiger partial charge in [-0.1, -0.05) is 36.4 Å². The monoisotopic (exact) mass is 386 g/mol. The first-order chi connectivity index (χ1) is 13.0. The Kier molecular flexibility index (Phi) is 7.64. The Balaban J connectivity index is 1.86. The molecule has 0 fully saturated rings. The van der Waals surface area contributed by atoms with Crippen molar-refractivity contribution in [1.29, 1.82) is 0 Å². The van der Waals surface area contributed by atoms with Crippen molar-refractivity contribution in [2.24, 2.45) is 0 Å². The fourth-order valence-corrected chi connectivity index (χ4v) is 2.36. The van der Waals surface area contributed by atoms with Crippen LogP contribution in [0.2, 0.25) is 5.02 Å². The molecule has 6 heteroatoms. The number of Topliss-reactive ketones (excluding diaryl/α,β-unsaturated/α-hetero) is 1. The summed E-state index contributed by atoms with van der Waals surface area (Å²) in [5.41, 5.74) is 1.14. The highest BCUT2D eigenvalue weighted by Crippen LogP contribution is 2.25. The Labute approximate surface area is 162 Å². The Morgan fingerprint density at radius 2 is 1.89 bits per heavy atom. The van der Waals surface area contributed by atoms with Crippen LogP contribution in [0.3, 0.4) is 0 Å². The standard InChI is InChI=1S/C21H19ClO5/c1-3-12-26-17-8-4-15(5-9-17)6-11-21(24)27-14-19(23)16-7-10-20(25-2)18(22)13-16/h3-11,13H,1,12,14H2,2H3/b11-6+. The van der Waals surface area contributed by atoms with Gasteiger partial charge in [0.05, 0.1) is 12.1 Å². The van der Waals surface area contributed by atoms with Gasteiger partial charge in [0, 0.05) is 11.6 Å². The number of esters is 1. The van der Waals surface area contributed by atoms with Crippen LogP contribution >= 0.6 is 11.6 Å². The van der Waals surface area contributed by atoms with Gasteiger partial charge >= 0.3 is 5.97 Å². The van der Waals surface area contributed by atoms with Gasteiger partial charge in [-0.15, -0.1) is 0 Å². The average Bonchev–Trinajstić information content (AvgIpc) is 2.69. The third kappa shape index (κ3) is 6.31. The summed E-state index contributed by atoms with van der Waals surface area (Å²) < 4.78 is 15.4. The topological polar surface area (TPSA) is 61.8 Å². The lowest BCUT2D eigenvalue weighted by atomic mass is 10.1. The van der Waals surface area contributed by atoms with Crippen LogP contribution in [0.1, 0.15) is 15.9 Å². The van der Waals surface area contributed by atoms with E-state index in [1.807, 2.05) is 0 Å². The second kappa shape index (κ2) is 10.2. The van der Waals surface area contributed by atoms with Gasteiger partial charge in [0.15, 0.2) is 12.4 Å². The Hall–Kier alpha value is -3.05. The van der Waals surface area contributed by atoms with Gasteiger partial charge < -0.3 is 14.2 Å². The molecule has 27 heavy (non-hydrogen) atoms. The zero-order valence-electron chi connectivity index (χ0n) is 14.8. The van der Waals surface area contributed by atoms with Crippen molar-refractivity contribution in [3.8, 4) is 11.5 Å². The van der Waals surface area contributed by atoms with E-state index in [0.717, 1.165) is 5.56 Å². The first-order valence-corrected chi connectivity index (χ1v) is 8.46. The first-order valence-electron chi connectivity index (χ1n) is 8.09. The van der Waals surface area contributed by atoms with Gasteiger partial charge in [0.25, 0.3) is 0 Å². The molecule has 140 valence electrons. The number of carbonyl (C=O) groups excluding carboxylic acids is 2. The van der Waals surface area contributed by atoms with Crippen LogP contribution in [-0.4, -0.2) is 32.1 Å². The Morgan fingerprint density at radius 3 is 2.52 bits per heavy atom. The summed E-state index contributed by atoms with van der Waals surface area (Å²) >= 11 is 5.98. The molecule has 2 rings (SSSR count). The van der Waals surface area contributed by atoms with E-state index in [1.54, 1.807) is 48.6 Å². The summed E-state index contributed by atoms with van der Waals surface area (Å²) in [4.78, 5) is 23.9. The molecule has 0 saturated heterocycles. The number of benzene rings is 2. The second-order valence-corrected chi connectivity index (χ2v) is 5.79. The SMILES string of the molecule is C=CCOc1ccc(/C=C/C(=O)OCC(=O)c2ccc(OC)c(Cl)c2)cc1. The minimum absolute atomic E-state index is 0.315. The maximum atomic E-state index is 12.1. The largest absolute Gasteiger partial charge is 0.495 e. The predicted octanol–water partition coefficient (Wildman–Crippen LogP) is 4.35. The zero-order valence-corrected chi connectivity index (χ0v) is 15.6. The highest BCUT2D eigenvalue weighted by atomic mass is 35.5. The third-order valence-electron chi connectivity index (χ3n) is 3.48. The van der Waals surface area contributed by atoms with E-state index in [0.29, 0.717) is 28.7 Å². The molecular weight excluding hydrogens is 368 g/mol. The van der Waals surface area contributed by atoms with E-state index in [9.17, 15) is 9.59 Å². The molecule has 0 spiro atoms. The molecule has 0 unspecified atom stereocenters. The first kappa shape index (κ1) is 20.3.